The number of halogens is 2. The Kier molecular flexibility index (Phi) is 4.40. The molecule has 0 aliphatic carbocycles. The van der Waals surface area contributed by atoms with Gasteiger partial charge in [0, 0.05) is 12.6 Å². The zero-order chi connectivity index (χ0) is 15.6. The van der Waals surface area contributed by atoms with E-state index in [1.807, 2.05) is 0 Å². The van der Waals surface area contributed by atoms with E-state index in [2.05, 4.69) is 9.97 Å². The van der Waals surface area contributed by atoms with Gasteiger partial charge in [0.15, 0.2) is 5.84 Å². The summed E-state index contributed by atoms with van der Waals surface area (Å²) in [5.41, 5.74) is 1.40. The number of carbonyl (C=O) groups is 1. The van der Waals surface area contributed by atoms with Crippen LogP contribution in [0, 0.1) is 5.41 Å². The van der Waals surface area contributed by atoms with Gasteiger partial charge >= 0.3 is 6.09 Å². The molecule has 1 aromatic heterocycles. The van der Waals surface area contributed by atoms with Crippen molar-refractivity contribution in [2.75, 3.05) is 7.05 Å². The van der Waals surface area contributed by atoms with Gasteiger partial charge in [-0.05, 0) is 18.2 Å². The average molecular weight is 325 g/mol. The molecule has 0 fully saturated rings. The lowest BCUT2D eigenvalue weighted by molar-refractivity contribution is 0.175. The van der Waals surface area contributed by atoms with Gasteiger partial charge in [-0.1, -0.05) is 29.3 Å². The molecular weight excluding hydrogens is 315 g/mol. The number of nitrogens with zero attached hydrogens (tertiary/aromatic N) is 3. The van der Waals surface area contributed by atoms with Gasteiger partial charge in [-0.15, -0.1) is 0 Å². The van der Waals surface area contributed by atoms with Crippen LogP contribution in [0.25, 0.3) is 11.3 Å². The quantitative estimate of drug-likeness (QED) is 0.654. The predicted molar refractivity (Wildman–Crippen MR) is 80.1 cm³/mol. The molecule has 2 N–H and O–H groups in total. The minimum Gasteiger partial charge on any atom is -0.465 e. The topological polar surface area (TPSA) is 90.2 Å². The molecule has 0 saturated heterocycles. The van der Waals surface area contributed by atoms with Crippen LogP contribution in [0.1, 0.15) is 5.69 Å². The van der Waals surface area contributed by atoms with Gasteiger partial charge in [0.2, 0.25) is 0 Å². The zero-order valence-electron chi connectivity index (χ0n) is 10.8. The number of rotatable bonds is 2. The molecule has 2 aromatic rings. The third-order valence-electron chi connectivity index (χ3n) is 2.75. The maximum absolute atomic E-state index is 10.9. The smallest absolute Gasteiger partial charge is 0.412 e. The van der Waals surface area contributed by atoms with Crippen LogP contribution in [0.15, 0.2) is 30.6 Å². The first kappa shape index (κ1) is 15.2. The van der Waals surface area contributed by atoms with Crippen molar-refractivity contribution in [1.82, 2.24) is 14.9 Å². The minimum atomic E-state index is -1.24. The van der Waals surface area contributed by atoms with Crippen LogP contribution < -0.4 is 0 Å². The number of hydrogen-bond acceptors (Lipinski definition) is 4. The fraction of sp³-hybridized carbons (Fsp3) is 0.0769. The third kappa shape index (κ3) is 3.29. The van der Waals surface area contributed by atoms with Crippen LogP contribution >= 0.6 is 23.2 Å². The van der Waals surface area contributed by atoms with E-state index in [4.69, 9.17) is 33.7 Å². The highest BCUT2D eigenvalue weighted by molar-refractivity contribution is 6.42. The Morgan fingerprint density at radius 3 is 2.57 bits per heavy atom. The summed E-state index contributed by atoms with van der Waals surface area (Å²) in [6.07, 6.45) is 0.0203. The first-order valence-electron chi connectivity index (χ1n) is 5.73. The second-order valence-corrected chi connectivity index (χ2v) is 4.92. The van der Waals surface area contributed by atoms with Crippen LogP contribution in [-0.2, 0) is 0 Å². The van der Waals surface area contributed by atoms with Gasteiger partial charge in [-0.3, -0.25) is 10.3 Å². The number of hydrogen-bond donors (Lipinski definition) is 2. The van der Waals surface area contributed by atoms with E-state index in [1.165, 1.54) is 19.4 Å². The Balaban J connectivity index is 2.39. The highest BCUT2D eigenvalue weighted by Gasteiger charge is 2.16. The Hall–Kier alpha value is -2.18. The summed E-state index contributed by atoms with van der Waals surface area (Å²) in [7, 11) is 1.27. The molecule has 1 heterocycles. The van der Waals surface area contributed by atoms with E-state index in [0.29, 0.717) is 21.3 Å². The Bertz CT molecular complexity index is 721. The molecule has 0 atom stereocenters. The number of benzene rings is 1. The van der Waals surface area contributed by atoms with Gasteiger partial charge in [0.25, 0.3) is 0 Å². The lowest BCUT2D eigenvalue weighted by Gasteiger charge is -2.13. The molecular formula is C13H10Cl2N4O2. The zero-order valence-corrected chi connectivity index (χ0v) is 12.4. The highest BCUT2D eigenvalue weighted by Crippen LogP contribution is 2.27. The van der Waals surface area contributed by atoms with Gasteiger partial charge < -0.3 is 5.11 Å². The molecule has 0 aliphatic rings. The molecule has 8 heteroatoms. The molecule has 0 spiro atoms. The van der Waals surface area contributed by atoms with Crippen LogP contribution in [0.4, 0.5) is 4.79 Å². The van der Waals surface area contributed by atoms with Gasteiger partial charge in [-0.25, -0.2) is 14.8 Å². The Morgan fingerprint density at radius 1 is 1.24 bits per heavy atom. The fourth-order valence-corrected chi connectivity index (χ4v) is 1.87. The van der Waals surface area contributed by atoms with E-state index >= 15 is 0 Å². The number of aromatic nitrogens is 2. The molecule has 108 valence electrons. The van der Waals surface area contributed by atoms with Crippen molar-refractivity contribution >= 4 is 35.1 Å². The van der Waals surface area contributed by atoms with Crippen molar-refractivity contribution in [3.63, 3.8) is 0 Å². The van der Waals surface area contributed by atoms with Crippen molar-refractivity contribution < 1.29 is 9.90 Å². The fourth-order valence-electron chi connectivity index (χ4n) is 1.57. The molecule has 1 aromatic carbocycles. The average Bonchev–Trinajstić information content (AvgIpc) is 2.48. The molecule has 2 rings (SSSR count). The highest BCUT2D eigenvalue weighted by atomic mass is 35.5. The maximum atomic E-state index is 10.9. The van der Waals surface area contributed by atoms with E-state index in [0.717, 1.165) is 4.90 Å². The van der Waals surface area contributed by atoms with Crippen molar-refractivity contribution in [3.8, 4) is 11.3 Å². The number of carboxylic acid groups (broad SMARTS) is 1. The maximum Gasteiger partial charge on any atom is 0.412 e. The third-order valence-corrected chi connectivity index (χ3v) is 3.49. The van der Waals surface area contributed by atoms with Crippen LogP contribution in [-0.4, -0.2) is 39.0 Å². The molecule has 6 nitrogen and oxygen atoms in total. The SMILES string of the molecule is CN(C(=N)c1cc(-c2ccc(Cl)c(Cl)c2)ncn1)C(=O)O. The Labute approximate surface area is 130 Å². The number of amidine groups is 1. The Morgan fingerprint density at radius 2 is 1.95 bits per heavy atom. The van der Waals surface area contributed by atoms with Gasteiger partial charge in [0.1, 0.15) is 12.0 Å². The largest absolute Gasteiger partial charge is 0.465 e. The first-order chi connectivity index (χ1) is 9.90. The van der Waals surface area contributed by atoms with Gasteiger partial charge in [-0.2, -0.15) is 0 Å². The normalized spacial score (nSPS) is 10.2. The first-order valence-corrected chi connectivity index (χ1v) is 6.49. The van der Waals surface area contributed by atoms with Crippen molar-refractivity contribution in [1.29, 1.82) is 5.41 Å². The molecule has 0 saturated carbocycles. The summed E-state index contributed by atoms with van der Waals surface area (Å²) in [5.74, 6) is -0.244. The summed E-state index contributed by atoms with van der Waals surface area (Å²) in [5, 5.41) is 17.5. The summed E-state index contributed by atoms with van der Waals surface area (Å²) in [6.45, 7) is 0. The monoisotopic (exact) mass is 324 g/mol. The van der Waals surface area contributed by atoms with Crippen molar-refractivity contribution in [2.24, 2.45) is 0 Å². The number of amides is 1. The van der Waals surface area contributed by atoms with E-state index < -0.39 is 6.09 Å². The summed E-state index contributed by atoms with van der Waals surface area (Å²) in [4.78, 5) is 19.6. The standard InChI is InChI=1S/C13H10Cl2N4O2/c1-19(13(20)21)12(16)11-5-10(17-6-18-11)7-2-3-8(14)9(15)4-7/h2-6,16H,1H3,(H,20,21). The molecule has 1 amide bonds. The second kappa shape index (κ2) is 6.07. The molecule has 0 bridgehead atoms. The lowest BCUT2D eigenvalue weighted by atomic mass is 10.1. The van der Waals surface area contributed by atoms with E-state index in [-0.39, 0.29) is 11.5 Å². The summed E-state index contributed by atoms with van der Waals surface area (Å²) < 4.78 is 0. The van der Waals surface area contributed by atoms with Crippen molar-refractivity contribution in [3.05, 3.63) is 46.3 Å². The minimum absolute atomic E-state index is 0.191. The lowest BCUT2D eigenvalue weighted by Crippen LogP contribution is -2.32. The summed E-state index contributed by atoms with van der Waals surface area (Å²) in [6, 6.07) is 6.52. The molecule has 0 unspecified atom stereocenters. The van der Waals surface area contributed by atoms with Gasteiger partial charge in [0.05, 0.1) is 15.7 Å². The van der Waals surface area contributed by atoms with Crippen LogP contribution in [0.2, 0.25) is 10.0 Å². The molecule has 0 radical (unpaired) electrons. The molecule has 21 heavy (non-hydrogen) atoms. The molecule has 0 aliphatic heterocycles. The number of nitrogens with one attached hydrogen (secondary N) is 1. The van der Waals surface area contributed by atoms with E-state index in [9.17, 15) is 4.79 Å². The van der Waals surface area contributed by atoms with Crippen LogP contribution in [0.3, 0.4) is 0 Å². The predicted octanol–water partition coefficient (Wildman–Crippen LogP) is 3.39. The van der Waals surface area contributed by atoms with Crippen molar-refractivity contribution in [2.45, 2.75) is 0 Å². The second-order valence-electron chi connectivity index (χ2n) is 4.11. The summed E-state index contributed by atoms with van der Waals surface area (Å²) >= 11 is 11.8. The van der Waals surface area contributed by atoms with Crippen LogP contribution in [0.5, 0.6) is 0 Å². The van der Waals surface area contributed by atoms with E-state index in [1.54, 1.807) is 18.2 Å².